The monoisotopic (exact) mass is 374 g/mol. The van der Waals surface area contributed by atoms with Crippen molar-refractivity contribution in [2.45, 2.75) is 44.6 Å². The first-order valence-corrected chi connectivity index (χ1v) is 10.0. The second-order valence-corrected chi connectivity index (χ2v) is 7.50. The van der Waals surface area contributed by atoms with Crippen molar-refractivity contribution < 1.29 is 4.74 Å². The normalized spacial score (nSPS) is 19.4. The van der Waals surface area contributed by atoms with Crippen molar-refractivity contribution in [3.63, 3.8) is 0 Å². The summed E-state index contributed by atoms with van der Waals surface area (Å²) >= 11 is 0. The van der Waals surface area contributed by atoms with Gasteiger partial charge in [-0.05, 0) is 36.6 Å². The third-order valence-corrected chi connectivity index (χ3v) is 5.54. The predicted octanol–water partition coefficient (Wildman–Crippen LogP) is 4.97. The van der Waals surface area contributed by atoms with Gasteiger partial charge in [-0.3, -0.25) is 4.57 Å². The Bertz CT molecular complexity index is 911. The van der Waals surface area contributed by atoms with Crippen molar-refractivity contribution in [2.24, 2.45) is 5.92 Å². The van der Waals surface area contributed by atoms with Gasteiger partial charge in [-0.15, -0.1) is 0 Å². The first-order chi connectivity index (χ1) is 13.8. The van der Waals surface area contributed by atoms with Gasteiger partial charge in [0.1, 0.15) is 23.1 Å². The van der Waals surface area contributed by atoms with E-state index in [4.69, 9.17) is 9.72 Å². The smallest absolute Gasteiger partial charge is 0.138 e. The van der Waals surface area contributed by atoms with Gasteiger partial charge in [-0.1, -0.05) is 43.5 Å². The van der Waals surface area contributed by atoms with Crippen molar-refractivity contribution in [3.8, 4) is 11.8 Å². The molecular formula is C23H26N4O. The second kappa shape index (κ2) is 8.35. The van der Waals surface area contributed by atoms with Crippen LogP contribution >= 0.6 is 0 Å². The highest BCUT2D eigenvalue weighted by Gasteiger charge is 2.23. The van der Waals surface area contributed by atoms with Gasteiger partial charge < -0.3 is 10.1 Å². The van der Waals surface area contributed by atoms with Crippen molar-refractivity contribution in [1.82, 2.24) is 9.55 Å². The van der Waals surface area contributed by atoms with Crippen LogP contribution in [0.2, 0.25) is 0 Å². The number of fused-ring (bicyclic) bond motifs is 1. The number of nitriles is 1. The lowest BCUT2D eigenvalue weighted by Gasteiger charge is -2.25. The Balaban J connectivity index is 1.63. The lowest BCUT2D eigenvalue weighted by atomic mass is 9.95. The van der Waals surface area contributed by atoms with Gasteiger partial charge in [0, 0.05) is 18.7 Å². The van der Waals surface area contributed by atoms with E-state index in [2.05, 4.69) is 28.1 Å². The zero-order chi connectivity index (χ0) is 19.3. The van der Waals surface area contributed by atoms with Crippen molar-refractivity contribution >= 4 is 24.2 Å². The highest BCUT2D eigenvalue weighted by atomic mass is 16.5. The number of aromatic nitrogens is 2. The summed E-state index contributed by atoms with van der Waals surface area (Å²) in [6.07, 6.45) is 15.1. The first kappa shape index (κ1) is 18.4. The summed E-state index contributed by atoms with van der Waals surface area (Å²) in [4.78, 5) is 4.85. The number of imidazole rings is 1. The summed E-state index contributed by atoms with van der Waals surface area (Å²) < 4.78 is 7.35. The van der Waals surface area contributed by atoms with Gasteiger partial charge in [0.15, 0.2) is 0 Å². The summed E-state index contributed by atoms with van der Waals surface area (Å²) in [5.41, 5.74) is 2.03. The molecule has 2 aliphatic rings. The van der Waals surface area contributed by atoms with E-state index in [1.165, 1.54) is 32.1 Å². The van der Waals surface area contributed by atoms with Gasteiger partial charge in [0.2, 0.25) is 0 Å². The highest BCUT2D eigenvalue weighted by Crippen LogP contribution is 2.29. The largest absolute Gasteiger partial charge is 0.497 e. The van der Waals surface area contributed by atoms with Gasteiger partial charge >= 0.3 is 0 Å². The Labute approximate surface area is 166 Å². The molecule has 0 radical (unpaired) electrons. The number of nitrogens with one attached hydrogen (secondary N) is 1. The van der Waals surface area contributed by atoms with Crippen LogP contribution in [0.25, 0.3) is 18.4 Å². The molecule has 28 heavy (non-hydrogen) atoms. The van der Waals surface area contributed by atoms with Crippen LogP contribution in [-0.4, -0.2) is 22.7 Å². The molecule has 0 saturated heterocycles. The first-order valence-electron chi connectivity index (χ1n) is 10.0. The van der Waals surface area contributed by atoms with Crippen LogP contribution in [0.4, 0.5) is 5.82 Å². The average molecular weight is 374 g/mol. The number of rotatable bonds is 5. The Hall–Kier alpha value is -3.00. The molecular weight excluding hydrogens is 348 g/mol. The third kappa shape index (κ3) is 3.96. The molecule has 1 unspecified atom stereocenters. The Morgan fingerprint density at radius 3 is 2.68 bits per heavy atom. The molecule has 1 N–H and O–H groups in total. The van der Waals surface area contributed by atoms with E-state index in [9.17, 15) is 5.26 Å². The van der Waals surface area contributed by atoms with Crippen molar-refractivity contribution in [2.75, 3.05) is 12.4 Å². The van der Waals surface area contributed by atoms with Crippen LogP contribution in [-0.2, 0) is 6.42 Å². The van der Waals surface area contributed by atoms with Gasteiger partial charge in [0.05, 0.1) is 19.1 Å². The molecule has 144 valence electrons. The van der Waals surface area contributed by atoms with Crippen LogP contribution in [0.3, 0.4) is 0 Å². The average Bonchev–Trinajstić information content (AvgIpc) is 3.09. The Morgan fingerprint density at radius 1 is 1.18 bits per heavy atom. The minimum absolute atomic E-state index is 0.101. The molecule has 1 atom stereocenters. The summed E-state index contributed by atoms with van der Waals surface area (Å²) in [6.45, 7) is 0. The van der Waals surface area contributed by atoms with Gasteiger partial charge in [-0.2, -0.15) is 5.26 Å². The van der Waals surface area contributed by atoms with Crippen LogP contribution in [0.5, 0.6) is 5.75 Å². The molecule has 0 amide bonds. The number of benzene rings is 1. The zero-order valence-electron chi connectivity index (χ0n) is 16.3. The topological polar surface area (TPSA) is 62.9 Å². The molecule has 1 aromatic heterocycles. The maximum absolute atomic E-state index is 9.27. The minimum Gasteiger partial charge on any atom is -0.497 e. The fourth-order valence-corrected chi connectivity index (χ4v) is 3.94. The quantitative estimate of drug-likeness (QED) is 0.802. The number of ether oxygens (including phenoxy) is 1. The predicted molar refractivity (Wildman–Crippen MR) is 113 cm³/mol. The van der Waals surface area contributed by atoms with E-state index < -0.39 is 0 Å². The second-order valence-electron chi connectivity index (χ2n) is 7.50. The van der Waals surface area contributed by atoms with Gasteiger partial charge in [0.25, 0.3) is 0 Å². The maximum Gasteiger partial charge on any atom is 0.138 e. The molecule has 1 saturated carbocycles. The zero-order valence-corrected chi connectivity index (χ0v) is 16.3. The van der Waals surface area contributed by atoms with Crippen molar-refractivity contribution in [3.05, 3.63) is 47.4 Å². The summed E-state index contributed by atoms with van der Waals surface area (Å²) in [6, 6.07) is 10.8. The Kier molecular flexibility index (Phi) is 5.48. The van der Waals surface area contributed by atoms with E-state index in [1.807, 2.05) is 36.5 Å². The summed E-state index contributed by atoms with van der Waals surface area (Å²) in [5.74, 6) is 2.74. The molecule has 4 rings (SSSR count). The van der Waals surface area contributed by atoms with E-state index in [-0.39, 0.29) is 5.92 Å². The minimum atomic E-state index is -0.101. The number of nitrogens with zero attached hydrogens (tertiary/aromatic N) is 3. The third-order valence-electron chi connectivity index (χ3n) is 5.54. The number of hydrogen-bond donors (Lipinski definition) is 1. The molecule has 0 bridgehead atoms. The molecule has 5 nitrogen and oxygen atoms in total. The number of methoxy groups -OCH3 is 1. The molecule has 1 aliphatic heterocycles. The molecule has 1 aromatic carbocycles. The van der Waals surface area contributed by atoms with Crippen LogP contribution in [0, 0.1) is 17.2 Å². The van der Waals surface area contributed by atoms with Crippen molar-refractivity contribution in [1.29, 1.82) is 5.26 Å². The Morgan fingerprint density at radius 2 is 1.96 bits per heavy atom. The molecule has 5 heteroatoms. The maximum atomic E-state index is 9.27. The molecule has 0 spiro atoms. The fourth-order valence-electron chi connectivity index (χ4n) is 3.94. The van der Waals surface area contributed by atoms with E-state index in [0.717, 1.165) is 28.6 Å². The molecule has 1 fully saturated rings. The van der Waals surface area contributed by atoms with Gasteiger partial charge in [-0.25, -0.2) is 4.98 Å². The number of anilines is 1. The molecule has 2 heterocycles. The van der Waals surface area contributed by atoms with E-state index in [0.29, 0.717) is 12.5 Å². The molecule has 1 aliphatic carbocycles. The van der Waals surface area contributed by atoms with Crippen LogP contribution in [0.15, 0.2) is 30.3 Å². The SMILES string of the molecule is COc1ccc(/C=C/c2nc3n(c2NC2CCCCC2)C=CC(C#N)C3)cc1. The fraction of sp³-hybridized carbons (Fsp3) is 0.391. The number of allylic oxidation sites excluding steroid dienone is 1. The summed E-state index contributed by atoms with van der Waals surface area (Å²) in [5, 5.41) is 13.0. The number of hydrogen-bond acceptors (Lipinski definition) is 4. The summed E-state index contributed by atoms with van der Waals surface area (Å²) in [7, 11) is 1.67. The molecule has 2 aromatic rings. The van der Waals surface area contributed by atoms with Crippen LogP contribution < -0.4 is 10.1 Å². The lowest BCUT2D eigenvalue weighted by molar-refractivity contribution is 0.415. The standard InChI is InChI=1S/C23H26N4O/c1-28-20-10-7-17(8-11-20)9-12-21-23(25-19-5-3-2-4-6-19)27-14-13-18(16-24)15-22(27)26-21/h7-14,18-19,25H,2-6,15H2,1H3/b12-9+. The van der Waals surface area contributed by atoms with E-state index in [1.54, 1.807) is 7.11 Å². The van der Waals surface area contributed by atoms with E-state index >= 15 is 0 Å². The highest BCUT2D eigenvalue weighted by molar-refractivity contribution is 5.75. The lowest BCUT2D eigenvalue weighted by Crippen LogP contribution is -2.24. The van der Waals surface area contributed by atoms with Crippen LogP contribution in [0.1, 0.15) is 49.2 Å².